The minimum absolute atomic E-state index is 0.637. The van der Waals surface area contributed by atoms with Crippen LogP contribution in [0.1, 0.15) is 20.8 Å². The van der Waals surface area contributed by atoms with Crippen molar-refractivity contribution >= 4 is 0 Å². The minimum atomic E-state index is -1.09. The Kier molecular flexibility index (Phi) is 4.59. The van der Waals surface area contributed by atoms with Gasteiger partial charge in [-0.05, 0) is 5.56 Å². The second kappa shape index (κ2) is 6.30. The quantitative estimate of drug-likeness (QED) is 0.632. The maximum absolute atomic E-state index is 8.69. The Hall–Kier alpha value is -0.820. The van der Waals surface area contributed by atoms with Crippen molar-refractivity contribution in [2.75, 3.05) is 0 Å². The second-order valence-electron chi connectivity index (χ2n) is 1.54. The zero-order valence-electron chi connectivity index (χ0n) is 7.41. The normalized spacial score (nSPS) is 12.5. The van der Waals surface area contributed by atoms with Gasteiger partial charge in [0.1, 0.15) is 0 Å². The van der Waals surface area contributed by atoms with Gasteiger partial charge < -0.3 is 5.11 Å². The Morgan fingerprint density at radius 3 is 2.10 bits per heavy atom. The van der Waals surface area contributed by atoms with Crippen LogP contribution in [0.25, 0.3) is 0 Å². The SMILES string of the molecule is CC.[2H]C(O)c1ccccc1. The Balaban J connectivity index is 0.000000461. The Morgan fingerprint density at radius 2 is 1.80 bits per heavy atom. The van der Waals surface area contributed by atoms with Crippen LogP contribution in [0.15, 0.2) is 30.3 Å². The highest BCUT2D eigenvalue weighted by Crippen LogP contribution is 1.95. The highest BCUT2D eigenvalue weighted by molar-refractivity contribution is 5.12. The third-order valence-corrected chi connectivity index (χ3v) is 0.949. The van der Waals surface area contributed by atoms with Crippen LogP contribution in [0.5, 0.6) is 0 Å². The first kappa shape index (κ1) is 7.29. The average Bonchev–Trinajstić information content (AvgIpc) is 2.10. The average molecular weight is 139 g/mol. The zero-order chi connectivity index (χ0) is 8.69. The number of rotatable bonds is 1. The lowest BCUT2D eigenvalue weighted by atomic mass is 10.2. The molecule has 0 spiro atoms. The molecule has 0 bridgehead atoms. The lowest BCUT2D eigenvalue weighted by molar-refractivity contribution is 0.282. The molecule has 10 heavy (non-hydrogen) atoms. The van der Waals surface area contributed by atoms with Gasteiger partial charge in [-0.3, -0.25) is 0 Å². The minimum Gasteiger partial charge on any atom is -0.392 e. The van der Waals surface area contributed by atoms with E-state index in [-0.39, 0.29) is 0 Å². The maximum atomic E-state index is 8.69. The fourth-order valence-corrected chi connectivity index (χ4v) is 0.539. The van der Waals surface area contributed by atoms with Crippen LogP contribution in [0.4, 0.5) is 0 Å². The van der Waals surface area contributed by atoms with Gasteiger partial charge >= 0.3 is 0 Å². The topological polar surface area (TPSA) is 20.2 Å². The first-order chi connectivity index (χ1) is 5.30. The summed E-state index contributed by atoms with van der Waals surface area (Å²) in [5, 5.41) is 8.69. The molecule has 1 rings (SSSR count). The molecular formula is C9H14O. The van der Waals surface area contributed by atoms with E-state index in [2.05, 4.69) is 0 Å². The van der Waals surface area contributed by atoms with Crippen LogP contribution in [0, 0.1) is 0 Å². The van der Waals surface area contributed by atoms with E-state index >= 15 is 0 Å². The van der Waals surface area contributed by atoms with E-state index < -0.39 is 6.58 Å². The molecule has 0 heterocycles. The molecule has 0 amide bonds. The summed E-state index contributed by atoms with van der Waals surface area (Å²) in [6.45, 7) is 2.91. The van der Waals surface area contributed by atoms with Gasteiger partial charge in [-0.25, -0.2) is 0 Å². The predicted molar refractivity (Wildman–Crippen MR) is 43.7 cm³/mol. The fourth-order valence-electron chi connectivity index (χ4n) is 0.539. The summed E-state index contributed by atoms with van der Waals surface area (Å²) in [6, 6.07) is 8.89. The summed E-state index contributed by atoms with van der Waals surface area (Å²) < 4.78 is 6.87. The molecule has 0 aliphatic rings. The molecule has 1 heteroatoms. The second-order valence-corrected chi connectivity index (χ2v) is 1.54. The van der Waals surface area contributed by atoms with Gasteiger partial charge in [0.05, 0.1) is 7.95 Å². The summed E-state index contributed by atoms with van der Waals surface area (Å²) in [5.41, 5.74) is 0.637. The van der Waals surface area contributed by atoms with Crippen LogP contribution >= 0.6 is 0 Å². The first-order valence-corrected chi connectivity index (χ1v) is 3.46. The van der Waals surface area contributed by atoms with Crippen molar-refractivity contribution in [3.63, 3.8) is 0 Å². The van der Waals surface area contributed by atoms with Crippen LogP contribution in [0.3, 0.4) is 0 Å². The summed E-state index contributed by atoms with van der Waals surface area (Å²) in [4.78, 5) is 0. The molecule has 0 fully saturated rings. The van der Waals surface area contributed by atoms with E-state index in [4.69, 9.17) is 6.48 Å². The molecule has 0 radical (unpaired) electrons. The highest BCUT2D eigenvalue weighted by Gasteiger charge is 1.81. The van der Waals surface area contributed by atoms with Crippen molar-refractivity contribution in [2.24, 2.45) is 0 Å². The first-order valence-electron chi connectivity index (χ1n) is 4.03. The fraction of sp³-hybridized carbons (Fsp3) is 0.333. The molecule has 0 aliphatic heterocycles. The van der Waals surface area contributed by atoms with E-state index in [1.807, 2.05) is 19.9 Å². The zero-order valence-corrected chi connectivity index (χ0v) is 6.41. The van der Waals surface area contributed by atoms with E-state index in [9.17, 15) is 0 Å². The number of aliphatic hydroxyl groups is 1. The third-order valence-electron chi connectivity index (χ3n) is 0.949. The summed E-state index contributed by atoms with van der Waals surface area (Å²) in [6.07, 6.45) is 0. The van der Waals surface area contributed by atoms with Gasteiger partial charge in [0, 0.05) is 0 Å². The number of hydrogen-bond donors (Lipinski definition) is 1. The van der Waals surface area contributed by atoms with Crippen LogP contribution < -0.4 is 0 Å². The molecule has 56 valence electrons. The number of aliphatic hydroxyl groups excluding tert-OH is 1. The molecule has 0 aromatic heterocycles. The Bertz CT molecular complexity index is 172. The third kappa shape index (κ3) is 3.25. The molecule has 1 atom stereocenters. The van der Waals surface area contributed by atoms with Gasteiger partial charge in [-0.1, -0.05) is 44.2 Å². The standard InChI is InChI=1S/C7H8O.C2H6/c8-6-7-4-2-1-3-5-7;1-2/h1-5,8H,6H2;1-2H3/i6D;. The Labute approximate surface area is 63.7 Å². The van der Waals surface area contributed by atoms with Crippen molar-refractivity contribution in [3.05, 3.63) is 35.9 Å². The summed E-state index contributed by atoms with van der Waals surface area (Å²) in [5.74, 6) is 0. The molecule has 1 N–H and O–H groups in total. The van der Waals surface area contributed by atoms with E-state index in [0.29, 0.717) is 5.56 Å². The molecule has 0 saturated heterocycles. The molecule has 1 nitrogen and oxygen atoms in total. The van der Waals surface area contributed by atoms with Crippen molar-refractivity contribution in [3.8, 4) is 0 Å². The van der Waals surface area contributed by atoms with Gasteiger partial charge in [-0.15, -0.1) is 0 Å². The van der Waals surface area contributed by atoms with Gasteiger partial charge in [0.25, 0.3) is 0 Å². The molecule has 0 aliphatic carbocycles. The van der Waals surface area contributed by atoms with Crippen LogP contribution in [0.2, 0.25) is 0 Å². The number of hydrogen-bond acceptors (Lipinski definition) is 1. The predicted octanol–water partition coefficient (Wildman–Crippen LogP) is 2.21. The summed E-state index contributed by atoms with van der Waals surface area (Å²) in [7, 11) is 0. The van der Waals surface area contributed by atoms with E-state index in [0.717, 1.165) is 0 Å². The van der Waals surface area contributed by atoms with Crippen molar-refractivity contribution < 1.29 is 6.48 Å². The van der Waals surface area contributed by atoms with Crippen LogP contribution in [-0.4, -0.2) is 5.11 Å². The van der Waals surface area contributed by atoms with Gasteiger partial charge in [-0.2, -0.15) is 0 Å². The number of benzene rings is 1. The Morgan fingerprint density at radius 1 is 1.30 bits per heavy atom. The lowest BCUT2D eigenvalue weighted by Gasteiger charge is -1.89. The van der Waals surface area contributed by atoms with Crippen molar-refractivity contribution in [2.45, 2.75) is 20.4 Å². The monoisotopic (exact) mass is 139 g/mol. The van der Waals surface area contributed by atoms with Crippen LogP contribution in [-0.2, 0) is 6.58 Å². The molecule has 1 aromatic rings. The summed E-state index contributed by atoms with van der Waals surface area (Å²) >= 11 is 0. The lowest BCUT2D eigenvalue weighted by Crippen LogP contribution is -1.77. The molecule has 0 saturated carbocycles. The molecular weight excluding hydrogens is 124 g/mol. The smallest absolute Gasteiger partial charge is 0.0681 e. The van der Waals surface area contributed by atoms with Gasteiger partial charge in [0.15, 0.2) is 0 Å². The maximum Gasteiger partial charge on any atom is 0.0681 e. The van der Waals surface area contributed by atoms with Crippen molar-refractivity contribution in [1.82, 2.24) is 0 Å². The highest BCUT2D eigenvalue weighted by atomic mass is 16.3. The van der Waals surface area contributed by atoms with E-state index in [1.165, 1.54) is 0 Å². The molecule has 1 aromatic carbocycles. The van der Waals surface area contributed by atoms with E-state index in [1.54, 1.807) is 24.3 Å². The van der Waals surface area contributed by atoms with Crippen molar-refractivity contribution in [1.29, 1.82) is 0 Å². The largest absolute Gasteiger partial charge is 0.392 e. The molecule has 1 unspecified atom stereocenters. The van der Waals surface area contributed by atoms with Gasteiger partial charge in [0.2, 0.25) is 0 Å².